The van der Waals surface area contributed by atoms with E-state index in [0.717, 1.165) is 76.3 Å². The molecule has 1 N–H and O–H groups in total. The number of rotatable bonds is 6. The Bertz CT molecular complexity index is 864. The summed E-state index contributed by atoms with van der Waals surface area (Å²) in [5, 5.41) is 3.70. The number of guanidine groups is 1. The summed E-state index contributed by atoms with van der Waals surface area (Å²) in [7, 11) is 1.88. The van der Waals surface area contributed by atoms with Gasteiger partial charge in [0.1, 0.15) is 11.6 Å². The summed E-state index contributed by atoms with van der Waals surface area (Å²) in [5.74, 6) is 2.95. The number of piperazine rings is 1. The van der Waals surface area contributed by atoms with E-state index in [1.165, 1.54) is 5.56 Å². The van der Waals surface area contributed by atoms with Crippen molar-refractivity contribution in [1.82, 2.24) is 15.2 Å². The third kappa shape index (κ3) is 6.29. The van der Waals surface area contributed by atoms with Crippen LogP contribution in [0.3, 0.4) is 0 Å². The topological polar surface area (TPSA) is 62.2 Å². The summed E-state index contributed by atoms with van der Waals surface area (Å²) in [4.78, 5) is 13.8. The monoisotopic (exact) mass is 565 g/mol. The third-order valence-corrected chi connectivity index (χ3v) is 6.58. The number of benzene rings is 1. The Balaban J connectivity index is 0.00000306. The van der Waals surface area contributed by atoms with E-state index in [0.29, 0.717) is 6.61 Å². The molecule has 7 nitrogen and oxygen atoms in total. The quantitative estimate of drug-likeness (QED) is 0.329. The van der Waals surface area contributed by atoms with Crippen molar-refractivity contribution in [1.29, 1.82) is 0 Å². The molecular formula is C25H36IN5O2. The maximum Gasteiger partial charge on any atom is 0.193 e. The normalized spacial score (nSPS) is 18.4. The first-order chi connectivity index (χ1) is 15.7. The molecule has 0 amide bonds. The Hall–Kier alpha value is -2.07. The van der Waals surface area contributed by atoms with Crippen LogP contribution >= 0.6 is 24.0 Å². The molecule has 4 rings (SSSR count). The minimum absolute atomic E-state index is 0. The number of hydrogen-bond acceptors (Lipinski definition) is 5. The Morgan fingerprint density at radius 1 is 1.09 bits per heavy atom. The van der Waals surface area contributed by atoms with Crippen LogP contribution in [0.25, 0.3) is 0 Å². The lowest BCUT2D eigenvalue weighted by Crippen LogP contribution is -2.55. The van der Waals surface area contributed by atoms with Gasteiger partial charge in [-0.2, -0.15) is 0 Å². The number of nitrogens with zero attached hydrogens (tertiary/aromatic N) is 4. The predicted molar refractivity (Wildman–Crippen MR) is 144 cm³/mol. The zero-order valence-corrected chi connectivity index (χ0v) is 22.0. The third-order valence-electron chi connectivity index (χ3n) is 6.58. The van der Waals surface area contributed by atoms with Gasteiger partial charge in [-0.25, -0.2) is 4.98 Å². The summed E-state index contributed by atoms with van der Waals surface area (Å²) in [5.41, 5.74) is 1.38. The van der Waals surface area contributed by atoms with E-state index in [9.17, 15) is 0 Å². The van der Waals surface area contributed by atoms with Gasteiger partial charge < -0.3 is 24.6 Å². The molecule has 2 fully saturated rings. The second-order valence-electron chi connectivity index (χ2n) is 8.41. The molecule has 2 aliphatic heterocycles. The molecule has 2 aromatic rings. The molecule has 2 saturated heterocycles. The van der Waals surface area contributed by atoms with Gasteiger partial charge in [-0.1, -0.05) is 18.2 Å². The highest BCUT2D eigenvalue weighted by atomic mass is 127. The van der Waals surface area contributed by atoms with Crippen LogP contribution < -0.4 is 15.0 Å². The number of ether oxygens (including phenoxy) is 2. The molecule has 0 atom stereocenters. The summed E-state index contributed by atoms with van der Waals surface area (Å²) in [6.45, 7) is 8.85. The van der Waals surface area contributed by atoms with Crippen LogP contribution in [0.5, 0.6) is 5.75 Å². The maximum absolute atomic E-state index is 5.71. The molecule has 2 aliphatic rings. The molecule has 8 heteroatoms. The van der Waals surface area contributed by atoms with E-state index < -0.39 is 0 Å². The van der Waals surface area contributed by atoms with Crippen LogP contribution in [0.15, 0.2) is 53.7 Å². The molecule has 0 bridgehead atoms. The highest BCUT2D eigenvalue weighted by Crippen LogP contribution is 2.35. The first-order valence-electron chi connectivity index (χ1n) is 11.7. The molecule has 0 aliphatic carbocycles. The lowest BCUT2D eigenvalue weighted by molar-refractivity contribution is 0.0511. The van der Waals surface area contributed by atoms with Crippen LogP contribution in [0.1, 0.15) is 25.3 Å². The number of aromatic nitrogens is 1. The van der Waals surface area contributed by atoms with E-state index in [4.69, 9.17) is 9.47 Å². The lowest BCUT2D eigenvalue weighted by Gasteiger charge is -2.41. The average molecular weight is 566 g/mol. The zero-order valence-electron chi connectivity index (χ0n) is 19.7. The minimum Gasteiger partial charge on any atom is -0.494 e. The number of nitrogens with one attached hydrogen (secondary N) is 1. The van der Waals surface area contributed by atoms with E-state index >= 15 is 0 Å². The van der Waals surface area contributed by atoms with Crippen LogP contribution in [0.2, 0.25) is 0 Å². The van der Waals surface area contributed by atoms with Crippen molar-refractivity contribution in [2.24, 2.45) is 4.99 Å². The Morgan fingerprint density at radius 3 is 2.42 bits per heavy atom. The summed E-state index contributed by atoms with van der Waals surface area (Å²) >= 11 is 0. The van der Waals surface area contributed by atoms with Crippen LogP contribution in [-0.2, 0) is 10.2 Å². The zero-order chi connectivity index (χ0) is 22.2. The fourth-order valence-corrected chi connectivity index (χ4v) is 4.67. The van der Waals surface area contributed by atoms with Crippen LogP contribution in [0.4, 0.5) is 5.82 Å². The smallest absolute Gasteiger partial charge is 0.193 e. The highest BCUT2D eigenvalue weighted by Gasteiger charge is 2.35. The number of pyridine rings is 1. The highest BCUT2D eigenvalue weighted by molar-refractivity contribution is 14.0. The van der Waals surface area contributed by atoms with Crippen molar-refractivity contribution < 1.29 is 9.47 Å². The van der Waals surface area contributed by atoms with Crippen molar-refractivity contribution in [2.75, 3.05) is 64.5 Å². The molecule has 180 valence electrons. The Morgan fingerprint density at radius 2 is 1.82 bits per heavy atom. The molecule has 1 aromatic carbocycles. The maximum atomic E-state index is 5.71. The van der Waals surface area contributed by atoms with Gasteiger partial charge in [-0.3, -0.25) is 4.99 Å². The van der Waals surface area contributed by atoms with Gasteiger partial charge in [0.05, 0.1) is 6.61 Å². The van der Waals surface area contributed by atoms with Crippen LogP contribution in [-0.4, -0.2) is 75.4 Å². The molecule has 0 radical (unpaired) electrons. The fraction of sp³-hybridized carbons (Fsp3) is 0.520. The van der Waals surface area contributed by atoms with Gasteiger partial charge >= 0.3 is 0 Å². The minimum atomic E-state index is 0. The van der Waals surface area contributed by atoms with Gasteiger partial charge in [0.2, 0.25) is 0 Å². The van der Waals surface area contributed by atoms with Crippen LogP contribution in [0, 0.1) is 0 Å². The second-order valence-corrected chi connectivity index (χ2v) is 8.41. The number of halogens is 1. The number of aliphatic imine (C=N–C) groups is 1. The standard InChI is InChI=1S/C25H35N5O2.HI/c1-3-32-22-9-7-21(8-10-22)25(11-18-31-19-12-25)20-28-24(26-2)30-16-14-29(15-17-30)23-6-4-5-13-27-23;/h4-10,13H,3,11-12,14-20H2,1-2H3,(H,26,28);1H. The van der Waals surface area contributed by atoms with E-state index in [2.05, 4.69) is 55.4 Å². The molecule has 0 saturated carbocycles. The van der Waals surface area contributed by atoms with E-state index in [-0.39, 0.29) is 29.4 Å². The Kier molecular flexibility index (Phi) is 9.61. The van der Waals surface area contributed by atoms with E-state index in [1.807, 2.05) is 32.3 Å². The van der Waals surface area contributed by atoms with Gasteiger partial charge in [0.15, 0.2) is 5.96 Å². The second kappa shape index (κ2) is 12.4. The largest absolute Gasteiger partial charge is 0.494 e. The van der Waals surface area contributed by atoms with Gasteiger partial charge in [0.25, 0.3) is 0 Å². The van der Waals surface area contributed by atoms with Crippen molar-refractivity contribution in [3.8, 4) is 5.75 Å². The fourth-order valence-electron chi connectivity index (χ4n) is 4.67. The summed E-state index contributed by atoms with van der Waals surface area (Å²) in [6.07, 6.45) is 3.85. The summed E-state index contributed by atoms with van der Waals surface area (Å²) in [6, 6.07) is 14.7. The van der Waals surface area contributed by atoms with Gasteiger partial charge in [0, 0.05) is 64.6 Å². The van der Waals surface area contributed by atoms with Gasteiger partial charge in [-0.15, -0.1) is 24.0 Å². The number of hydrogen-bond donors (Lipinski definition) is 1. The molecule has 0 unspecified atom stereocenters. The molecule has 33 heavy (non-hydrogen) atoms. The first-order valence-corrected chi connectivity index (χ1v) is 11.7. The predicted octanol–water partition coefficient (Wildman–Crippen LogP) is 3.54. The average Bonchev–Trinajstić information content (AvgIpc) is 2.86. The number of anilines is 1. The SMILES string of the molecule is CCOc1ccc(C2(CNC(=NC)N3CCN(c4ccccn4)CC3)CCOCC2)cc1.I. The lowest BCUT2D eigenvalue weighted by atomic mass is 9.74. The Labute approximate surface area is 214 Å². The van der Waals surface area contributed by atoms with Crippen molar-refractivity contribution in [3.63, 3.8) is 0 Å². The van der Waals surface area contributed by atoms with E-state index in [1.54, 1.807) is 0 Å². The molecule has 3 heterocycles. The van der Waals surface area contributed by atoms with Crippen molar-refractivity contribution in [2.45, 2.75) is 25.2 Å². The molecule has 1 aromatic heterocycles. The molecule has 0 spiro atoms. The molecular weight excluding hydrogens is 529 g/mol. The summed E-state index contributed by atoms with van der Waals surface area (Å²) < 4.78 is 11.3. The van der Waals surface area contributed by atoms with Crippen molar-refractivity contribution in [3.05, 3.63) is 54.2 Å². The van der Waals surface area contributed by atoms with Crippen molar-refractivity contribution >= 4 is 35.8 Å². The first kappa shape index (κ1) is 25.6. The van der Waals surface area contributed by atoms with Gasteiger partial charge in [-0.05, 0) is 49.6 Å².